The number of rotatable bonds is 2. The van der Waals surface area contributed by atoms with Crippen molar-refractivity contribution in [1.82, 2.24) is 9.88 Å². The maximum Gasteiger partial charge on any atom is 0.320 e. The number of carboxylic acid groups (broad SMARTS) is 1. The van der Waals surface area contributed by atoms with E-state index in [4.69, 9.17) is 16.6 Å². The minimum Gasteiger partial charge on any atom is -0.480 e. The summed E-state index contributed by atoms with van der Waals surface area (Å²) in [4.78, 5) is 18.8. The predicted molar refractivity (Wildman–Crippen MR) is 121 cm³/mol. The van der Waals surface area contributed by atoms with E-state index in [9.17, 15) is 9.90 Å². The van der Waals surface area contributed by atoms with Gasteiger partial charge >= 0.3 is 5.97 Å². The lowest BCUT2D eigenvalue weighted by Crippen LogP contribution is -2.47. The molecule has 0 spiro atoms. The van der Waals surface area contributed by atoms with Crippen LogP contribution in [0.1, 0.15) is 68.0 Å². The van der Waals surface area contributed by atoms with Gasteiger partial charge in [-0.15, -0.1) is 0 Å². The quantitative estimate of drug-likeness (QED) is 0.570. The first kappa shape index (κ1) is 22.3. The van der Waals surface area contributed by atoms with Crippen LogP contribution in [0.2, 0.25) is 5.02 Å². The largest absolute Gasteiger partial charge is 0.480 e. The maximum atomic E-state index is 11.9. The van der Waals surface area contributed by atoms with Gasteiger partial charge in [-0.2, -0.15) is 0 Å². The topological polar surface area (TPSA) is 53.4 Å². The van der Waals surface area contributed by atoms with Crippen molar-refractivity contribution in [3.8, 4) is 0 Å². The SMILES string of the molecule is CCC.O=C(O)C1CCCCN1C1c2ccc(Cl)cc2CCc2cc(Br)cnc21. The molecule has 156 valence electrons. The van der Waals surface area contributed by atoms with Gasteiger partial charge in [0.25, 0.3) is 0 Å². The molecule has 29 heavy (non-hydrogen) atoms. The molecule has 2 atom stereocenters. The zero-order valence-corrected chi connectivity index (χ0v) is 19.3. The van der Waals surface area contributed by atoms with Gasteiger partial charge in [-0.25, -0.2) is 0 Å². The van der Waals surface area contributed by atoms with E-state index in [1.807, 2.05) is 18.3 Å². The number of likely N-dealkylation sites (tertiary alicyclic amines) is 1. The summed E-state index contributed by atoms with van der Waals surface area (Å²) in [5.74, 6) is -0.747. The second-order valence-corrected chi connectivity index (χ2v) is 9.09. The van der Waals surface area contributed by atoms with Gasteiger partial charge < -0.3 is 5.11 Å². The van der Waals surface area contributed by atoms with Crippen LogP contribution in [0, 0.1) is 0 Å². The van der Waals surface area contributed by atoms with Gasteiger partial charge in [0.1, 0.15) is 6.04 Å². The Labute approximate surface area is 186 Å². The molecule has 6 heteroatoms. The van der Waals surface area contributed by atoms with Gasteiger partial charge in [0, 0.05) is 15.7 Å². The van der Waals surface area contributed by atoms with E-state index >= 15 is 0 Å². The number of benzene rings is 1. The molecule has 0 bridgehead atoms. The number of hydrogen-bond acceptors (Lipinski definition) is 3. The molecule has 1 aromatic carbocycles. The molecule has 2 aromatic rings. The first-order chi connectivity index (χ1) is 14.0. The molecule has 1 fully saturated rings. The van der Waals surface area contributed by atoms with Crippen LogP contribution in [0.5, 0.6) is 0 Å². The van der Waals surface area contributed by atoms with Crippen molar-refractivity contribution in [1.29, 1.82) is 0 Å². The molecule has 2 heterocycles. The number of aliphatic carboxylic acids is 1. The van der Waals surface area contributed by atoms with Crippen LogP contribution in [0.25, 0.3) is 0 Å². The lowest BCUT2D eigenvalue weighted by molar-refractivity contribution is -0.145. The minimum atomic E-state index is -0.747. The van der Waals surface area contributed by atoms with Crippen molar-refractivity contribution in [3.63, 3.8) is 0 Å². The highest BCUT2D eigenvalue weighted by atomic mass is 79.9. The van der Waals surface area contributed by atoms with E-state index < -0.39 is 12.0 Å². The summed E-state index contributed by atoms with van der Waals surface area (Å²) in [5, 5.41) is 10.5. The third-order valence-electron chi connectivity index (χ3n) is 5.45. The maximum absolute atomic E-state index is 11.9. The van der Waals surface area contributed by atoms with Crippen LogP contribution in [-0.2, 0) is 17.6 Å². The minimum absolute atomic E-state index is 0.144. The molecule has 4 nitrogen and oxygen atoms in total. The number of carboxylic acids is 1. The lowest BCUT2D eigenvalue weighted by atomic mass is 9.92. The molecule has 1 aromatic heterocycles. The van der Waals surface area contributed by atoms with Crippen molar-refractivity contribution in [2.45, 2.75) is 64.5 Å². The average Bonchev–Trinajstić information content (AvgIpc) is 2.84. The van der Waals surface area contributed by atoms with Crippen LogP contribution < -0.4 is 0 Å². The summed E-state index contributed by atoms with van der Waals surface area (Å²) in [6.07, 6.45) is 7.46. The summed E-state index contributed by atoms with van der Waals surface area (Å²) in [7, 11) is 0. The average molecular weight is 480 g/mol. The summed E-state index contributed by atoms with van der Waals surface area (Å²) in [5.41, 5.74) is 4.47. The van der Waals surface area contributed by atoms with Gasteiger partial charge in [0.15, 0.2) is 0 Å². The molecular weight excluding hydrogens is 452 g/mol. The second-order valence-electron chi connectivity index (χ2n) is 7.74. The molecule has 2 unspecified atom stereocenters. The molecule has 4 rings (SSSR count). The second kappa shape index (κ2) is 10.1. The van der Waals surface area contributed by atoms with Crippen LogP contribution in [0.4, 0.5) is 0 Å². The molecular formula is C23H28BrClN2O2. The van der Waals surface area contributed by atoms with E-state index in [0.717, 1.165) is 53.0 Å². The number of aromatic nitrogens is 1. The molecule has 0 amide bonds. The molecule has 0 radical (unpaired) electrons. The number of nitrogens with zero attached hydrogens (tertiary/aromatic N) is 2. The van der Waals surface area contributed by atoms with Gasteiger partial charge in [-0.3, -0.25) is 14.7 Å². The standard InChI is InChI=1S/C20H20BrClN2O2.C3H8/c21-14-9-13-5-4-12-10-15(22)6-7-16(12)19(18(13)23-11-14)24-8-2-1-3-17(24)20(25)26;1-3-2/h6-7,9-11,17,19H,1-5,8H2,(H,25,26);3H2,1-2H3. The Balaban J connectivity index is 0.000000755. The highest BCUT2D eigenvalue weighted by Gasteiger charge is 2.38. The Hall–Kier alpha value is -1.43. The third-order valence-corrected chi connectivity index (χ3v) is 6.12. The van der Waals surface area contributed by atoms with Crippen molar-refractivity contribution in [2.75, 3.05) is 6.54 Å². The van der Waals surface area contributed by atoms with Crippen molar-refractivity contribution >= 4 is 33.5 Å². The van der Waals surface area contributed by atoms with E-state index in [1.54, 1.807) is 0 Å². The van der Waals surface area contributed by atoms with E-state index in [0.29, 0.717) is 6.42 Å². The van der Waals surface area contributed by atoms with E-state index in [-0.39, 0.29) is 6.04 Å². The number of hydrogen-bond donors (Lipinski definition) is 1. The fourth-order valence-electron chi connectivity index (χ4n) is 4.28. The number of piperidine rings is 1. The molecule has 1 saturated heterocycles. The summed E-state index contributed by atoms with van der Waals surface area (Å²) in [6.45, 7) is 5.01. The van der Waals surface area contributed by atoms with Crippen LogP contribution in [-0.4, -0.2) is 33.5 Å². The summed E-state index contributed by atoms with van der Waals surface area (Å²) >= 11 is 9.77. The Morgan fingerprint density at radius 3 is 2.69 bits per heavy atom. The summed E-state index contributed by atoms with van der Waals surface area (Å²) < 4.78 is 0.951. The number of pyridine rings is 1. The molecule has 0 saturated carbocycles. The lowest BCUT2D eigenvalue weighted by Gasteiger charge is -2.39. The Morgan fingerprint density at radius 2 is 1.97 bits per heavy atom. The molecule has 1 N–H and O–H groups in total. The van der Waals surface area contributed by atoms with Gasteiger partial charge in [-0.05, 0) is 83.0 Å². The van der Waals surface area contributed by atoms with Crippen molar-refractivity contribution in [3.05, 3.63) is 62.3 Å². The fourth-order valence-corrected chi connectivity index (χ4v) is 4.85. The van der Waals surface area contributed by atoms with Gasteiger partial charge in [0.2, 0.25) is 0 Å². The zero-order valence-electron chi connectivity index (χ0n) is 17.0. The number of fused-ring (bicyclic) bond motifs is 2. The first-order valence-corrected chi connectivity index (χ1v) is 11.5. The molecule has 2 aliphatic rings. The van der Waals surface area contributed by atoms with Crippen molar-refractivity contribution in [2.24, 2.45) is 0 Å². The van der Waals surface area contributed by atoms with Gasteiger partial charge in [0.05, 0.1) is 11.7 Å². The monoisotopic (exact) mass is 478 g/mol. The van der Waals surface area contributed by atoms with Gasteiger partial charge in [-0.1, -0.05) is 44.4 Å². The van der Waals surface area contributed by atoms with Crippen LogP contribution in [0.3, 0.4) is 0 Å². The number of halogens is 2. The molecule has 1 aliphatic carbocycles. The zero-order chi connectivity index (χ0) is 21.0. The summed E-state index contributed by atoms with van der Waals surface area (Å²) in [6, 6.07) is 7.46. The van der Waals surface area contributed by atoms with Crippen LogP contribution >= 0.6 is 27.5 Å². The normalized spacial score (nSPS) is 21.2. The van der Waals surface area contributed by atoms with E-state index in [2.05, 4.69) is 46.8 Å². The number of carbonyl (C=O) groups is 1. The third kappa shape index (κ3) is 5.01. The number of aryl methyl sites for hydroxylation is 2. The first-order valence-electron chi connectivity index (χ1n) is 10.4. The van der Waals surface area contributed by atoms with Crippen molar-refractivity contribution < 1.29 is 9.90 Å². The Kier molecular flexibility index (Phi) is 7.72. The smallest absolute Gasteiger partial charge is 0.320 e. The predicted octanol–water partition coefficient (Wildman–Crippen LogP) is 6.04. The highest BCUT2D eigenvalue weighted by Crippen LogP contribution is 2.40. The van der Waals surface area contributed by atoms with E-state index in [1.165, 1.54) is 17.5 Å². The highest BCUT2D eigenvalue weighted by molar-refractivity contribution is 9.10. The molecule has 1 aliphatic heterocycles. The van der Waals surface area contributed by atoms with Crippen LogP contribution in [0.15, 0.2) is 34.9 Å². The Bertz CT molecular complexity index is 820. The fraction of sp³-hybridized carbons (Fsp3) is 0.478. The Morgan fingerprint density at radius 1 is 1.24 bits per heavy atom.